The Labute approximate surface area is 168 Å². The molecule has 2 aliphatic carbocycles. The molecule has 0 aliphatic heterocycles. The van der Waals surface area contributed by atoms with E-state index < -0.39 is 0 Å². The molecule has 138 valence electrons. The van der Waals surface area contributed by atoms with Gasteiger partial charge in [-0.2, -0.15) is 0 Å². The quantitative estimate of drug-likeness (QED) is 0.407. The van der Waals surface area contributed by atoms with Crippen molar-refractivity contribution in [3.8, 4) is 11.1 Å². The molecule has 0 saturated carbocycles. The van der Waals surface area contributed by atoms with E-state index in [0.29, 0.717) is 11.8 Å². The van der Waals surface area contributed by atoms with Crippen molar-refractivity contribution in [1.29, 1.82) is 0 Å². The Morgan fingerprint density at radius 1 is 0.786 bits per heavy atom. The number of hydrogen-bond donors (Lipinski definition) is 0. The number of benzene rings is 3. The van der Waals surface area contributed by atoms with Crippen molar-refractivity contribution in [3.63, 3.8) is 0 Å². The van der Waals surface area contributed by atoms with E-state index in [1.807, 2.05) is 0 Å². The lowest BCUT2D eigenvalue weighted by Crippen LogP contribution is -2.04. The molecular formula is C28H26. The fourth-order valence-electron chi connectivity index (χ4n) is 5.17. The number of hydrogen-bond acceptors (Lipinski definition) is 0. The van der Waals surface area contributed by atoms with Crippen LogP contribution in [0.4, 0.5) is 0 Å². The van der Waals surface area contributed by atoms with Crippen molar-refractivity contribution >= 4 is 6.08 Å². The molecule has 1 atom stereocenters. The van der Waals surface area contributed by atoms with Crippen molar-refractivity contribution in [2.75, 3.05) is 0 Å². The van der Waals surface area contributed by atoms with E-state index in [2.05, 4.69) is 92.4 Å². The van der Waals surface area contributed by atoms with Crippen LogP contribution in [0.25, 0.3) is 17.2 Å². The predicted octanol–water partition coefficient (Wildman–Crippen LogP) is 7.73. The van der Waals surface area contributed by atoms with Gasteiger partial charge >= 0.3 is 0 Å². The Hall–Kier alpha value is -2.86. The molecule has 2 aliphatic rings. The van der Waals surface area contributed by atoms with Gasteiger partial charge in [0.2, 0.25) is 0 Å². The molecule has 3 aromatic carbocycles. The molecule has 5 rings (SSSR count). The molecule has 0 amide bonds. The zero-order chi connectivity index (χ0) is 19.1. The van der Waals surface area contributed by atoms with E-state index >= 15 is 0 Å². The first-order valence-corrected chi connectivity index (χ1v) is 10.4. The minimum absolute atomic E-state index is 0.396. The monoisotopic (exact) mass is 362 g/mol. The lowest BCUT2D eigenvalue weighted by molar-refractivity contribution is 0.697. The van der Waals surface area contributed by atoms with Gasteiger partial charge in [-0.1, -0.05) is 104 Å². The number of rotatable bonds is 5. The Kier molecular flexibility index (Phi) is 4.28. The first kappa shape index (κ1) is 17.3. The second-order valence-electron chi connectivity index (χ2n) is 8.06. The maximum Gasteiger partial charge on any atom is 0.0264 e. The highest BCUT2D eigenvalue weighted by Gasteiger charge is 2.30. The van der Waals surface area contributed by atoms with Crippen LogP contribution in [0.1, 0.15) is 60.3 Å². The molecule has 0 nitrogen and oxygen atoms in total. The first-order valence-electron chi connectivity index (χ1n) is 10.4. The van der Waals surface area contributed by atoms with Gasteiger partial charge in [-0.3, -0.25) is 0 Å². The average Bonchev–Trinajstić information content (AvgIpc) is 3.27. The molecule has 0 heteroatoms. The normalized spacial score (nSPS) is 17.0. The zero-order valence-corrected chi connectivity index (χ0v) is 16.5. The first-order chi connectivity index (χ1) is 13.8. The lowest BCUT2D eigenvalue weighted by Gasteiger charge is -2.21. The van der Waals surface area contributed by atoms with E-state index in [4.69, 9.17) is 0 Å². The van der Waals surface area contributed by atoms with E-state index in [1.54, 1.807) is 0 Å². The summed E-state index contributed by atoms with van der Waals surface area (Å²) >= 11 is 0. The van der Waals surface area contributed by atoms with E-state index in [-0.39, 0.29) is 0 Å². The summed E-state index contributed by atoms with van der Waals surface area (Å²) in [5.74, 6) is 0.889. The molecule has 0 aromatic heterocycles. The molecule has 0 N–H and O–H groups in total. The fourth-order valence-corrected chi connectivity index (χ4v) is 5.17. The zero-order valence-electron chi connectivity index (χ0n) is 16.5. The Morgan fingerprint density at radius 2 is 1.36 bits per heavy atom. The standard InChI is InChI=1S/C28H26/c1-3-19(2)28-21(18-20-10-4-5-11-22(20)28)16-17-27-25-14-8-6-12-23(25)24-13-7-9-15-26(24)27/h4-15,18,27-28H,2-3,16-17H2,1H3. The van der Waals surface area contributed by atoms with Gasteiger partial charge in [0.05, 0.1) is 0 Å². The van der Waals surface area contributed by atoms with Gasteiger partial charge in [-0.15, -0.1) is 0 Å². The van der Waals surface area contributed by atoms with Crippen LogP contribution >= 0.6 is 0 Å². The maximum atomic E-state index is 4.42. The highest BCUT2D eigenvalue weighted by atomic mass is 14.3. The van der Waals surface area contributed by atoms with Crippen LogP contribution in [0.2, 0.25) is 0 Å². The topological polar surface area (TPSA) is 0 Å². The van der Waals surface area contributed by atoms with Gasteiger partial charge in [0.25, 0.3) is 0 Å². The lowest BCUT2D eigenvalue weighted by atomic mass is 9.83. The Balaban J connectivity index is 1.46. The number of allylic oxidation sites excluding steroid dienone is 2. The van der Waals surface area contributed by atoms with Crippen LogP contribution in [0.3, 0.4) is 0 Å². The van der Waals surface area contributed by atoms with Gasteiger partial charge in [0.15, 0.2) is 0 Å². The van der Waals surface area contributed by atoms with Gasteiger partial charge < -0.3 is 0 Å². The summed E-state index contributed by atoms with van der Waals surface area (Å²) in [5.41, 5.74) is 11.5. The highest BCUT2D eigenvalue weighted by molar-refractivity contribution is 5.78. The van der Waals surface area contributed by atoms with E-state index in [1.165, 1.54) is 44.5 Å². The summed E-state index contributed by atoms with van der Waals surface area (Å²) in [7, 11) is 0. The third-order valence-corrected chi connectivity index (χ3v) is 6.57. The minimum atomic E-state index is 0.396. The molecule has 0 saturated heterocycles. The van der Waals surface area contributed by atoms with Crippen LogP contribution in [-0.4, -0.2) is 0 Å². The Bertz CT molecular complexity index is 1040. The molecule has 28 heavy (non-hydrogen) atoms. The summed E-state index contributed by atoms with van der Waals surface area (Å²) in [6.45, 7) is 6.64. The van der Waals surface area contributed by atoms with Crippen LogP contribution in [0, 0.1) is 0 Å². The second-order valence-corrected chi connectivity index (χ2v) is 8.06. The van der Waals surface area contributed by atoms with Gasteiger partial charge in [0, 0.05) is 11.8 Å². The van der Waals surface area contributed by atoms with Crippen LogP contribution in [-0.2, 0) is 0 Å². The van der Waals surface area contributed by atoms with E-state index in [9.17, 15) is 0 Å². The van der Waals surface area contributed by atoms with Crippen LogP contribution < -0.4 is 0 Å². The SMILES string of the molecule is C=C(CC)C1C(CCC2c3ccccc3-c3ccccc32)=Cc2ccccc21. The largest absolute Gasteiger partial charge is 0.0989 e. The smallest absolute Gasteiger partial charge is 0.0264 e. The van der Waals surface area contributed by atoms with Gasteiger partial charge in [-0.25, -0.2) is 0 Å². The second kappa shape index (κ2) is 6.95. The van der Waals surface area contributed by atoms with Crippen LogP contribution in [0.5, 0.6) is 0 Å². The molecule has 0 bridgehead atoms. The van der Waals surface area contributed by atoms with Crippen molar-refractivity contribution in [2.24, 2.45) is 0 Å². The number of fused-ring (bicyclic) bond motifs is 4. The fraction of sp³-hybridized carbons (Fsp3) is 0.214. The van der Waals surface area contributed by atoms with Crippen LogP contribution in [0.15, 0.2) is 90.5 Å². The maximum absolute atomic E-state index is 4.42. The third kappa shape index (κ3) is 2.67. The molecular weight excluding hydrogens is 336 g/mol. The summed E-state index contributed by atoms with van der Waals surface area (Å²) in [4.78, 5) is 0. The molecule has 0 radical (unpaired) electrons. The summed E-state index contributed by atoms with van der Waals surface area (Å²) < 4.78 is 0. The summed E-state index contributed by atoms with van der Waals surface area (Å²) in [6.07, 6.45) is 5.73. The molecule has 1 unspecified atom stereocenters. The molecule has 0 fully saturated rings. The predicted molar refractivity (Wildman–Crippen MR) is 120 cm³/mol. The van der Waals surface area contributed by atoms with E-state index in [0.717, 1.165) is 19.3 Å². The molecule has 0 heterocycles. The van der Waals surface area contributed by atoms with Gasteiger partial charge in [-0.05, 0) is 52.6 Å². The molecule has 3 aromatic rings. The summed E-state index contributed by atoms with van der Waals surface area (Å²) in [5, 5.41) is 0. The third-order valence-electron chi connectivity index (χ3n) is 6.57. The average molecular weight is 363 g/mol. The Morgan fingerprint density at radius 3 is 2.00 bits per heavy atom. The highest BCUT2D eigenvalue weighted by Crippen LogP contribution is 2.49. The van der Waals surface area contributed by atoms with Crippen molar-refractivity contribution in [3.05, 3.63) is 113 Å². The molecule has 0 spiro atoms. The van der Waals surface area contributed by atoms with Crippen molar-refractivity contribution < 1.29 is 0 Å². The van der Waals surface area contributed by atoms with Gasteiger partial charge in [0.1, 0.15) is 0 Å². The minimum Gasteiger partial charge on any atom is -0.0989 e. The van der Waals surface area contributed by atoms with Crippen molar-refractivity contribution in [2.45, 2.75) is 38.0 Å². The van der Waals surface area contributed by atoms with Crippen molar-refractivity contribution in [1.82, 2.24) is 0 Å². The summed E-state index contributed by atoms with van der Waals surface area (Å²) in [6, 6.07) is 26.7.